The van der Waals surface area contributed by atoms with E-state index in [-0.39, 0.29) is 44.1 Å². The summed E-state index contributed by atoms with van der Waals surface area (Å²) in [5.41, 5.74) is 3.08. The van der Waals surface area contributed by atoms with E-state index in [0.717, 1.165) is 10.6 Å². The molecular formula is C27H33F3N6O8RuS. The molecule has 0 spiro atoms. The number of ether oxygens (including phenoxy) is 1. The van der Waals surface area contributed by atoms with Crippen molar-refractivity contribution in [2.75, 3.05) is 12.3 Å². The number of nitrogens with zero attached hydrogens (tertiary/aromatic N) is 4. The Morgan fingerprint density at radius 3 is 2.20 bits per heavy atom. The molecule has 3 N–H and O–H groups in total. The van der Waals surface area contributed by atoms with Crippen LogP contribution in [0.4, 0.5) is 19.1 Å². The van der Waals surface area contributed by atoms with Crippen LogP contribution < -0.4 is 26.1 Å². The number of aromatic nitrogens is 5. The number of aromatic amines is 1. The van der Waals surface area contributed by atoms with Crippen molar-refractivity contribution in [2.45, 2.75) is 59.1 Å². The van der Waals surface area contributed by atoms with Gasteiger partial charge in [-0.2, -0.15) is 22.7 Å². The average Bonchev–Trinajstić information content (AvgIpc) is 3.35. The molecule has 3 heterocycles. The number of anilines is 1. The Bertz CT molecular complexity index is 1710. The fourth-order valence-electron chi connectivity index (χ4n) is 3.14. The predicted octanol–water partition coefficient (Wildman–Crippen LogP) is 1.57. The summed E-state index contributed by atoms with van der Waals surface area (Å²) >= 11 is 0. The molecule has 19 heteroatoms. The number of fused-ring (bicyclic) bond motifs is 1. The zero-order valence-corrected chi connectivity index (χ0v) is 27.9. The molecule has 1 aromatic carbocycles. The van der Waals surface area contributed by atoms with E-state index in [4.69, 9.17) is 18.7 Å². The van der Waals surface area contributed by atoms with Gasteiger partial charge in [0, 0.05) is 12.6 Å². The van der Waals surface area contributed by atoms with Crippen LogP contribution in [0.15, 0.2) is 53.7 Å². The largest absolute Gasteiger partial charge is 2.00 e. The number of benzene rings is 1. The molecule has 0 saturated carbocycles. The Hall–Kier alpha value is -4.09. The average molecular weight is 760 g/mol. The number of nitrogens with one attached hydrogen (secondary N) is 1. The van der Waals surface area contributed by atoms with Crippen LogP contribution >= 0.6 is 0 Å². The summed E-state index contributed by atoms with van der Waals surface area (Å²) in [4.78, 5) is 32.6. The van der Waals surface area contributed by atoms with Gasteiger partial charge in [0.2, 0.25) is 12.5 Å². The number of esters is 1. The van der Waals surface area contributed by atoms with Gasteiger partial charge in [-0.15, -0.1) is 0 Å². The van der Waals surface area contributed by atoms with Gasteiger partial charge < -0.3 is 29.8 Å². The van der Waals surface area contributed by atoms with Crippen molar-refractivity contribution in [1.82, 2.24) is 19.5 Å². The molecule has 0 radical (unpaired) electrons. The molecule has 0 amide bonds. The van der Waals surface area contributed by atoms with Crippen molar-refractivity contribution < 1.29 is 69.9 Å². The second-order valence-corrected chi connectivity index (χ2v) is 10.6. The van der Waals surface area contributed by atoms with Crippen LogP contribution in [0, 0.1) is 6.92 Å². The first-order valence-electron chi connectivity index (χ1n) is 13.1. The van der Waals surface area contributed by atoms with Crippen LogP contribution in [-0.4, -0.2) is 50.6 Å². The summed E-state index contributed by atoms with van der Waals surface area (Å²) in [5.74, 6) is -1.09. The molecular weight excluding hydrogens is 726 g/mol. The summed E-state index contributed by atoms with van der Waals surface area (Å²) in [6, 6.07) is 11.3. The summed E-state index contributed by atoms with van der Waals surface area (Å²) in [6.07, 6.45) is 2.95. The number of nitrogen functional groups attached to an aromatic ring is 1. The van der Waals surface area contributed by atoms with E-state index >= 15 is 0 Å². The maximum absolute atomic E-state index is 11.3. The minimum atomic E-state index is -6.09. The number of hydrogen-bond donors (Lipinski definition) is 2. The van der Waals surface area contributed by atoms with Crippen LogP contribution in [0.3, 0.4) is 0 Å². The number of rotatable bonds is 5. The first-order chi connectivity index (χ1) is 20.8. The zero-order valence-electron chi connectivity index (χ0n) is 25.3. The number of pyridine rings is 1. The second kappa shape index (κ2) is 18.8. The first kappa shape index (κ1) is 41.9. The van der Waals surface area contributed by atoms with E-state index < -0.39 is 33.2 Å². The number of imidazole rings is 1. The van der Waals surface area contributed by atoms with Crippen LogP contribution in [0.1, 0.15) is 44.7 Å². The monoisotopic (exact) mass is 760 g/mol. The number of aryl methyl sites for hydroxylation is 2. The first-order valence-corrected chi connectivity index (χ1v) is 14.5. The van der Waals surface area contributed by atoms with Crippen molar-refractivity contribution in [3.8, 4) is 11.6 Å². The summed E-state index contributed by atoms with van der Waals surface area (Å²) in [6.45, 7) is 10.9. The number of halogens is 3. The fraction of sp³-hybridized carbons (Fsp3) is 0.370. The number of nitrogens with two attached hydrogens (primary N) is 1. The Balaban J connectivity index is 0.000000596. The van der Waals surface area contributed by atoms with Gasteiger partial charge in [-0.05, 0) is 38.0 Å². The van der Waals surface area contributed by atoms with Crippen molar-refractivity contribution >= 4 is 33.2 Å². The number of alkyl halides is 3. The predicted molar refractivity (Wildman–Crippen MR) is 151 cm³/mol. The smallest absolute Gasteiger partial charge is 0.869 e. The van der Waals surface area contributed by atoms with Crippen LogP contribution in [-0.2, 0) is 52.2 Å². The van der Waals surface area contributed by atoms with E-state index in [2.05, 4.69) is 64.7 Å². The van der Waals surface area contributed by atoms with E-state index in [0.29, 0.717) is 23.6 Å². The number of H-pyrrole nitrogens is 1. The molecule has 0 bridgehead atoms. The minimum Gasteiger partial charge on any atom is -0.869 e. The topological polar surface area (TPSA) is 223 Å². The molecule has 0 fully saturated rings. The molecule has 46 heavy (non-hydrogen) atoms. The van der Waals surface area contributed by atoms with E-state index in [1.807, 2.05) is 6.92 Å². The molecule has 254 valence electrons. The minimum absolute atomic E-state index is 0. The third-order valence-electron chi connectivity index (χ3n) is 5.45. The van der Waals surface area contributed by atoms with Gasteiger partial charge in [0.25, 0.3) is 5.56 Å². The summed E-state index contributed by atoms with van der Waals surface area (Å²) in [7, 11) is -6.09. The van der Waals surface area contributed by atoms with E-state index in [1.54, 1.807) is 17.8 Å². The molecule has 0 atom stereocenters. The zero-order chi connectivity index (χ0) is 34.5. The van der Waals surface area contributed by atoms with Crippen LogP contribution in [0.5, 0.6) is 11.6 Å². The molecule has 0 aliphatic heterocycles. The number of hydrogen-bond acceptors (Lipinski definition) is 11. The van der Waals surface area contributed by atoms with Crippen molar-refractivity contribution in [2.24, 2.45) is 0 Å². The van der Waals surface area contributed by atoms with Gasteiger partial charge in [0.1, 0.15) is 5.88 Å². The summed E-state index contributed by atoms with van der Waals surface area (Å²) in [5, 5.41) is 22.0. The standard InChI is InChI=1S/C10H14.C9H11NO4.C7H9N5O.CHF3O3S.Ru/c1-8(2)10-6-4-9(3)5-7-10;1-2-14-8(12)6-10-5-3-4-7(11)9(10)13;1-2-12-3-9-4-5(12)10-7(8)11-6(4)13;2-1(3,4)8(5,6)7;/h4-8H,1-3H3;3-5,11H,2,6H2,1H3;3H,2H2,1H3,(H3,8,10,11,13);(H,5,6,7);/q;;;;+2/p-2. The molecule has 0 aliphatic carbocycles. The van der Waals surface area contributed by atoms with Gasteiger partial charge in [0.05, 0.1) is 12.9 Å². The van der Waals surface area contributed by atoms with Gasteiger partial charge in [-0.1, -0.05) is 49.7 Å². The normalized spacial score (nSPS) is 10.7. The van der Waals surface area contributed by atoms with Crippen molar-refractivity contribution in [3.05, 3.63) is 70.4 Å². The van der Waals surface area contributed by atoms with Gasteiger partial charge in [-0.3, -0.25) is 9.78 Å². The Morgan fingerprint density at radius 1 is 1.15 bits per heavy atom. The Labute approximate surface area is 275 Å². The molecule has 0 unspecified atom stereocenters. The fourth-order valence-corrected chi connectivity index (χ4v) is 3.14. The van der Waals surface area contributed by atoms with Crippen molar-refractivity contribution in [1.29, 1.82) is 0 Å². The maximum atomic E-state index is 11.3. The third-order valence-corrected chi connectivity index (χ3v) is 6.02. The molecule has 14 nitrogen and oxygen atoms in total. The molecule has 4 rings (SSSR count). The van der Waals surface area contributed by atoms with Gasteiger partial charge >= 0.3 is 31.0 Å². The Morgan fingerprint density at radius 2 is 1.72 bits per heavy atom. The van der Waals surface area contributed by atoms with Crippen LogP contribution in [0.2, 0.25) is 0 Å². The van der Waals surface area contributed by atoms with E-state index in [9.17, 15) is 33.0 Å². The molecule has 4 aromatic rings. The SMILES string of the molecule is CCOC(=O)C[n+]1cccc([O-])c1[O-].CCn1cnc2c(=O)[nH]c(N)nc21.Cc1ccc(C(C)C)cc1.O=S(=O)([O-])C(F)(F)F.[Ru+2]. The van der Waals surface area contributed by atoms with Gasteiger partial charge in [-0.25, -0.2) is 18.2 Å². The third kappa shape index (κ3) is 13.5. The number of carbonyl (C=O) groups is 1. The molecule has 3 aromatic heterocycles. The quantitative estimate of drug-likeness (QED) is 0.0977. The second-order valence-electron chi connectivity index (χ2n) is 9.23. The van der Waals surface area contributed by atoms with Crippen LogP contribution in [0.25, 0.3) is 11.2 Å². The molecule has 0 saturated heterocycles. The summed E-state index contributed by atoms with van der Waals surface area (Å²) < 4.78 is 66.3. The van der Waals surface area contributed by atoms with Gasteiger partial charge in [0.15, 0.2) is 27.5 Å². The maximum Gasteiger partial charge on any atom is 2.00 e. The number of carbonyl (C=O) groups excluding carboxylic acids is 1. The van der Waals surface area contributed by atoms with Crippen molar-refractivity contribution in [3.63, 3.8) is 0 Å². The Kier molecular flexibility index (Phi) is 17.1. The van der Waals surface area contributed by atoms with E-state index in [1.165, 1.54) is 23.4 Å². The molecule has 0 aliphatic rings.